The Morgan fingerprint density at radius 3 is 2.50 bits per heavy atom. The van der Waals surface area contributed by atoms with Crippen LogP contribution in [0.3, 0.4) is 0 Å². The number of hydrogen-bond donors (Lipinski definition) is 1. The molecule has 0 bridgehead atoms. The molecular weight excluding hydrogens is 253 g/mol. The standard InChI is InChI=1S/C13H20FNO2S/c1-11(2)18(16,17)10-9-15-8-7-12-5-3-4-6-13(12)14/h3-6,11,15H,7-10H2,1-2H3. The molecule has 102 valence electrons. The Morgan fingerprint density at radius 1 is 1.22 bits per heavy atom. The molecule has 0 fully saturated rings. The second-order valence-electron chi connectivity index (χ2n) is 4.51. The minimum Gasteiger partial charge on any atom is -0.315 e. The SMILES string of the molecule is CC(C)S(=O)(=O)CCNCCc1ccccc1F. The molecule has 0 saturated heterocycles. The lowest BCUT2D eigenvalue weighted by molar-refractivity contribution is 0.579. The predicted octanol–water partition coefficient (Wildman–Crippen LogP) is 1.78. The normalized spacial score (nSPS) is 12.0. The molecule has 0 aromatic heterocycles. The van der Waals surface area contributed by atoms with Gasteiger partial charge in [0.2, 0.25) is 0 Å². The zero-order valence-corrected chi connectivity index (χ0v) is 11.6. The van der Waals surface area contributed by atoms with Gasteiger partial charge < -0.3 is 5.32 Å². The topological polar surface area (TPSA) is 46.2 Å². The summed E-state index contributed by atoms with van der Waals surface area (Å²) in [5, 5.41) is 2.68. The van der Waals surface area contributed by atoms with E-state index in [4.69, 9.17) is 0 Å². The predicted molar refractivity (Wildman–Crippen MR) is 71.9 cm³/mol. The molecule has 0 unspecified atom stereocenters. The van der Waals surface area contributed by atoms with Crippen LogP contribution in [0.25, 0.3) is 0 Å². The number of rotatable bonds is 7. The Bertz CT molecular complexity index is 472. The lowest BCUT2D eigenvalue weighted by Gasteiger charge is -2.08. The molecule has 0 radical (unpaired) electrons. The number of nitrogens with one attached hydrogen (secondary N) is 1. The van der Waals surface area contributed by atoms with Crippen molar-refractivity contribution in [2.75, 3.05) is 18.8 Å². The maximum absolute atomic E-state index is 13.3. The van der Waals surface area contributed by atoms with Gasteiger partial charge in [0.1, 0.15) is 5.82 Å². The van der Waals surface area contributed by atoms with Gasteiger partial charge in [-0.1, -0.05) is 18.2 Å². The number of benzene rings is 1. The largest absolute Gasteiger partial charge is 0.315 e. The van der Waals surface area contributed by atoms with Crippen LogP contribution in [-0.4, -0.2) is 32.5 Å². The van der Waals surface area contributed by atoms with E-state index in [2.05, 4.69) is 5.32 Å². The van der Waals surface area contributed by atoms with E-state index in [-0.39, 0.29) is 16.8 Å². The first-order valence-corrected chi connectivity index (χ1v) is 7.80. The van der Waals surface area contributed by atoms with Crippen LogP contribution in [0.2, 0.25) is 0 Å². The second kappa shape index (κ2) is 6.85. The van der Waals surface area contributed by atoms with Crippen molar-refractivity contribution in [3.63, 3.8) is 0 Å². The fraction of sp³-hybridized carbons (Fsp3) is 0.538. The molecule has 0 saturated carbocycles. The van der Waals surface area contributed by atoms with Crippen molar-refractivity contribution < 1.29 is 12.8 Å². The molecule has 3 nitrogen and oxygen atoms in total. The summed E-state index contributed by atoms with van der Waals surface area (Å²) in [5.74, 6) is -0.0869. The highest BCUT2D eigenvalue weighted by Crippen LogP contribution is 2.06. The van der Waals surface area contributed by atoms with Crippen LogP contribution in [0.5, 0.6) is 0 Å². The van der Waals surface area contributed by atoms with E-state index in [9.17, 15) is 12.8 Å². The first-order valence-electron chi connectivity index (χ1n) is 6.09. The van der Waals surface area contributed by atoms with Crippen LogP contribution in [0.15, 0.2) is 24.3 Å². The van der Waals surface area contributed by atoms with Crippen LogP contribution in [0.1, 0.15) is 19.4 Å². The first-order chi connectivity index (χ1) is 8.43. The molecule has 0 spiro atoms. The molecule has 0 aliphatic carbocycles. The average molecular weight is 273 g/mol. The van der Waals surface area contributed by atoms with Crippen LogP contribution < -0.4 is 5.32 Å². The van der Waals surface area contributed by atoms with E-state index >= 15 is 0 Å². The third kappa shape index (κ3) is 4.74. The summed E-state index contributed by atoms with van der Waals surface area (Å²) in [5.41, 5.74) is 0.650. The molecule has 1 aromatic rings. The molecule has 0 atom stereocenters. The summed E-state index contributed by atoms with van der Waals surface area (Å²) >= 11 is 0. The monoisotopic (exact) mass is 273 g/mol. The van der Waals surface area contributed by atoms with Gasteiger partial charge in [0, 0.05) is 6.54 Å². The van der Waals surface area contributed by atoms with Gasteiger partial charge in [-0.05, 0) is 38.4 Å². The fourth-order valence-corrected chi connectivity index (χ4v) is 2.40. The van der Waals surface area contributed by atoms with Crippen LogP contribution in [-0.2, 0) is 16.3 Å². The van der Waals surface area contributed by atoms with Crippen molar-refractivity contribution >= 4 is 9.84 Å². The molecule has 0 aliphatic rings. The van der Waals surface area contributed by atoms with Crippen molar-refractivity contribution in [3.8, 4) is 0 Å². The first kappa shape index (κ1) is 15.1. The Kier molecular flexibility index (Phi) is 5.75. The van der Waals surface area contributed by atoms with Crippen LogP contribution >= 0.6 is 0 Å². The molecular formula is C13H20FNO2S. The summed E-state index contributed by atoms with van der Waals surface area (Å²) in [7, 11) is -2.99. The number of halogens is 1. The van der Waals surface area contributed by atoms with Gasteiger partial charge in [-0.3, -0.25) is 0 Å². The van der Waals surface area contributed by atoms with E-state index in [1.54, 1.807) is 32.0 Å². The zero-order chi connectivity index (χ0) is 13.6. The van der Waals surface area contributed by atoms with E-state index in [1.165, 1.54) is 6.07 Å². The fourth-order valence-electron chi connectivity index (χ4n) is 1.50. The number of sulfone groups is 1. The van der Waals surface area contributed by atoms with Crippen molar-refractivity contribution in [1.82, 2.24) is 5.32 Å². The van der Waals surface area contributed by atoms with Crippen molar-refractivity contribution in [2.24, 2.45) is 0 Å². The molecule has 0 amide bonds. The molecule has 5 heteroatoms. The van der Waals surface area contributed by atoms with Gasteiger partial charge in [0.25, 0.3) is 0 Å². The van der Waals surface area contributed by atoms with Gasteiger partial charge in [-0.2, -0.15) is 0 Å². The third-order valence-electron chi connectivity index (χ3n) is 2.81. The lowest BCUT2D eigenvalue weighted by atomic mass is 10.1. The van der Waals surface area contributed by atoms with Gasteiger partial charge in [-0.25, -0.2) is 12.8 Å². The molecule has 1 N–H and O–H groups in total. The van der Waals surface area contributed by atoms with Crippen molar-refractivity contribution in [1.29, 1.82) is 0 Å². The van der Waals surface area contributed by atoms with Crippen molar-refractivity contribution in [3.05, 3.63) is 35.6 Å². The smallest absolute Gasteiger partial charge is 0.153 e. The third-order valence-corrected chi connectivity index (χ3v) is 5.02. The second-order valence-corrected chi connectivity index (χ2v) is 7.18. The van der Waals surface area contributed by atoms with Gasteiger partial charge in [0.15, 0.2) is 9.84 Å². The van der Waals surface area contributed by atoms with Crippen LogP contribution in [0, 0.1) is 5.82 Å². The quantitative estimate of drug-likeness (QED) is 0.770. The van der Waals surface area contributed by atoms with Gasteiger partial charge in [-0.15, -0.1) is 0 Å². The molecule has 18 heavy (non-hydrogen) atoms. The van der Waals surface area contributed by atoms with Crippen LogP contribution in [0.4, 0.5) is 4.39 Å². The summed E-state index contributed by atoms with van der Waals surface area (Å²) < 4.78 is 36.3. The summed E-state index contributed by atoms with van der Waals surface area (Å²) in [4.78, 5) is 0. The van der Waals surface area contributed by atoms with E-state index in [1.807, 2.05) is 0 Å². The van der Waals surface area contributed by atoms with Gasteiger partial charge in [0.05, 0.1) is 11.0 Å². The molecule has 0 aliphatic heterocycles. The van der Waals surface area contributed by atoms with E-state index < -0.39 is 9.84 Å². The highest BCUT2D eigenvalue weighted by Gasteiger charge is 2.14. The van der Waals surface area contributed by atoms with Gasteiger partial charge >= 0.3 is 0 Å². The summed E-state index contributed by atoms with van der Waals surface area (Å²) in [6, 6.07) is 6.61. The Balaban J connectivity index is 2.26. The maximum atomic E-state index is 13.3. The summed E-state index contributed by atoms with van der Waals surface area (Å²) in [6.07, 6.45) is 0.564. The average Bonchev–Trinajstić information content (AvgIpc) is 2.30. The minimum atomic E-state index is -2.99. The zero-order valence-electron chi connectivity index (χ0n) is 10.8. The Labute approximate surface area is 108 Å². The highest BCUT2D eigenvalue weighted by molar-refractivity contribution is 7.92. The Hall–Kier alpha value is -0.940. The lowest BCUT2D eigenvalue weighted by Crippen LogP contribution is -2.28. The molecule has 1 aromatic carbocycles. The van der Waals surface area contributed by atoms with E-state index in [0.29, 0.717) is 25.1 Å². The maximum Gasteiger partial charge on any atom is 0.153 e. The molecule has 1 rings (SSSR count). The minimum absolute atomic E-state index is 0.127. The van der Waals surface area contributed by atoms with E-state index in [0.717, 1.165) is 0 Å². The number of hydrogen-bond acceptors (Lipinski definition) is 3. The molecule has 0 heterocycles. The Morgan fingerprint density at radius 2 is 1.89 bits per heavy atom. The summed E-state index contributed by atoms with van der Waals surface area (Å²) in [6.45, 7) is 4.34. The van der Waals surface area contributed by atoms with Crippen molar-refractivity contribution in [2.45, 2.75) is 25.5 Å². The highest BCUT2D eigenvalue weighted by atomic mass is 32.2.